The maximum atomic E-state index is 12.6. The van der Waals surface area contributed by atoms with Crippen LogP contribution in [0.4, 0.5) is 5.69 Å². The highest BCUT2D eigenvalue weighted by atomic mass is 32.2. The van der Waals surface area contributed by atoms with Crippen molar-refractivity contribution < 1.29 is 22.7 Å². The molecule has 2 aromatic rings. The van der Waals surface area contributed by atoms with Crippen LogP contribution < -0.4 is 15.8 Å². The number of nitrogens with one attached hydrogen (secondary N) is 1. The van der Waals surface area contributed by atoms with Crippen molar-refractivity contribution >= 4 is 27.5 Å². The highest BCUT2D eigenvalue weighted by Gasteiger charge is 2.23. The minimum atomic E-state index is -3.93. The second-order valence-electron chi connectivity index (χ2n) is 5.72. The molecule has 10 heteroatoms. The molecule has 0 spiro atoms. The summed E-state index contributed by atoms with van der Waals surface area (Å²) in [6, 6.07) is 11.5. The van der Waals surface area contributed by atoms with Gasteiger partial charge in [0.25, 0.3) is 0 Å². The van der Waals surface area contributed by atoms with Crippen LogP contribution in [0.5, 0.6) is 5.75 Å². The van der Waals surface area contributed by atoms with Crippen LogP contribution in [-0.4, -0.2) is 45.2 Å². The van der Waals surface area contributed by atoms with Crippen molar-refractivity contribution in [1.82, 2.24) is 4.31 Å². The van der Waals surface area contributed by atoms with Crippen molar-refractivity contribution in [1.29, 1.82) is 5.26 Å². The average molecular weight is 402 g/mol. The number of ether oxygens (including phenoxy) is 1. The van der Waals surface area contributed by atoms with E-state index in [-0.39, 0.29) is 21.9 Å². The first-order chi connectivity index (χ1) is 13.2. The van der Waals surface area contributed by atoms with Gasteiger partial charge >= 0.3 is 0 Å². The standard InChI is InChI=1S/C18H18N4O5S/c1-22(28(25,26)14-6-3-12(10-19)4-7-14)11-17(23)21-15-9-13(18(20)24)5-8-16(15)27-2/h3-9H,11H2,1-2H3,(H2,20,24)(H,21,23). The summed E-state index contributed by atoms with van der Waals surface area (Å²) in [5.41, 5.74) is 5.90. The number of nitrogens with zero attached hydrogens (tertiary/aromatic N) is 2. The number of carbonyl (C=O) groups is 2. The number of hydrogen-bond donors (Lipinski definition) is 2. The molecular weight excluding hydrogens is 384 g/mol. The maximum Gasteiger partial charge on any atom is 0.248 e. The first-order valence-corrected chi connectivity index (χ1v) is 9.37. The Bertz CT molecular complexity index is 1040. The van der Waals surface area contributed by atoms with E-state index in [0.717, 1.165) is 4.31 Å². The van der Waals surface area contributed by atoms with Gasteiger partial charge in [0, 0.05) is 12.6 Å². The Balaban J connectivity index is 2.17. The number of nitriles is 1. The van der Waals surface area contributed by atoms with Crippen molar-refractivity contribution in [2.24, 2.45) is 5.73 Å². The lowest BCUT2D eigenvalue weighted by atomic mass is 10.1. The van der Waals surface area contributed by atoms with Crippen LogP contribution in [0.25, 0.3) is 0 Å². The monoisotopic (exact) mass is 402 g/mol. The minimum absolute atomic E-state index is 0.0462. The number of anilines is 1. The molecule has 28 heavy (non-hydrogen) atoms. The van der Waals surface area contributed by atoms with Gasteiger partial charge < -0.3 is 15.8 Å². The fourth-order valence-electron chi connectivity index (χ4n) is 2.32. The van der Waals surface area contributed by atoms with E-state index in [4.69, 9.17) is 15.7 Å². The molecule has 0 aromatic heterocycles. The molecule has 2 amide bonds. The Morgan fingerprint density at radius 1 is 1.21 bits per heavy atom. The van der Waals surface area contributed by atoms with Gasteiger partial charge in [-0.1, -0.05) is 0 Å². The maximum absolute atomic E-state index is 12.6. The van der Waals surface area contributed by atoms with E-state index >= 15 is 0 Å². The molecule has 0 atom stereocenters. The SMILES string of the molecule is COc1ccc(C(N)=O)cc1NC(=O)CN(C)S(=O)(=O)c1ccc(C#N)cc1. The summed E-state index contributed by atoms with van der Waals surface area (Å²) in [6.07, 6.45) is 0. The van der Waals surface area contributed by atoms with Crippen LogP contribution >= 0.6 is 0 Å². The number of carbonyl (C=O) groups excluding carboxylic acids is 2. The fourth-order valence-corrected chi connectivity index (χ4v) is 3.44. The molecule has 2 rings (SSSR count). The summed E-state index contributed by atoms with van der Waals surface area (Å²) < 4.78 is 31.1. The Hall–Kier alpha value is -3.42. The van der Waals surface area contributed by atoms with Crippen LogP contribution in [0.15, 0.2) is 47.4 Å². The molecule has 3 N–H and O–H groups in total. The predicted molar refractivity (Wildman–Crippen MR) is 101 cm³/mol. The number of rotatable bonds is 7. The third-order valence-electron chi connectivity index (χ3n) is 3.82. The second-order valence-corrected chi connectivity index (χ2v) is 7.77. The molecule has 0 saturated carbocycles. The molecule has 2 aromatic carbocycles. The lowest BCUT2D eigenvalue weighted by molar-refractivity contribution is -0.116. The van der Waals surface area contributed by atoms with Gasteiger partial charge in [-0.25, -0.2) is 8.42 Å². The highest BCUT2D eigenvalue weighted by molar-refractivity contribution is 7.89. The van der Waals surface area contributed by atoms with E-state index in [1.165, 1.54) is 56.6 Å². The van der Waals surface area contributed by atoms with Gasteiger partial charge in [-0.05, 0) is 42.5 Å². The van der Waals surface area contributed by atoms with E-state index in [9.17, 15) is 18.0 Å². The van der Waals surface area contributed by atoms with Crippen molar-refractivity contribution in [3.8, 4) is 11.8 Å². The van der Waals surface area contributed by atoms with Gasteiger partial charge in [0.2, 0.25) is 21.8 Å². The summed E-state index contributed by atoms with van der Waals surface area (Å²) in [7, 11) is -1.29. The number of hydrogen-bond acceptors (Lipinski definition) is 6. The molecule has 0 heterocycles. The summed E-state index contributed by atoms with van der Waals surface area (Å²) >= 11 is 0. The third kappa shape index (κ3) is 4.64. The summed E-state index contributed by atoms with van der Waals surface area (Å²) in [4.78, 5) is 23.6. The Morgan fingerprint density at radius 2 is 1.86 bits per heavy atom. The zero-order chi connectivity index (χ0) is 20.9. The van der Waals surface area contributed by atoms with E-state index < -0.39 is 28.4 Å². The molecule has 0 bridgehead atoms. The molecule has 0 unspecified atom stereocenters. The highest BCUT2D eigenvalue weighted by Crippen LogP contribution is 2.25. The van der Waals surface area contributed by atoms with E-state index in [1.54, 1.807) is 0 Å². The number of methoxy groups -OCH3 is 1. The first kappa shape index (κ1) is 20.9. The number of primary amides is 1. The van der Waals surface area contributed by atoms with Gasteiger partial charge in [0.05, 0.1) is 35.9 Å². The molecule has 0 radical (unpaired) electrons. The zero-order valence-electron chi connectivity index (χ0n) is 15.2. The normalized spacial score (nSPS) is 10.9. The predicted octanol–water partition coefficient (Wildman–Crippen LogP) is 0.925. The lowest BCUT2D eigenvalue weighted by Crippen LogP contribution is -2.35. The van der Waals surface area contributed by atoms with Gasteiger partial charge in [-0.15, -0.1) is 0 Å². The van der Waals surface area contributed by atoms with Crippen LogP contribution in [0.2, 0.25) is 0 Å². The number of amides is 2. The van der Waals surface area contributed by atoms with E-state index in [1.807, 2.05) is 6.07 Å². The Morgan fingerprint density at radius 3 is 2.39 bits per heavy atom. The number of likely N-dealkylation sites (N-methyl/N-ethyl adjacent to an activating group) is 1. The first-order valence-electron chi connectivity index (χ1n) is 7.93. The molecular formula is C18H18N4O5S. The smallest absolute Gasteiger partial charge is 0.248 e. The molecule has 0 saturated heterocycles. The topological polar surface area (TPSA) is 143 Å². The van der Waals surface area contributed by atoms with Gasteiger partial charge in [0.1, 0.15) is 5.75 Å². The number of benzene rings is 2. The van der Waals surface area contributed by atoms with Crippen molar-refractivity contribution in [2.75, 3.05) is 26.0 Å². The van der Waals surface area contributed by atoms with Crippen LogP contribution in [0, 0.1) is 11.3 Å². The third-order valence-corrected chi connectivity index (χ3v) is 5.63. The number of nitrogens with two attached hydrogens (primary N) is 1. The van der Waals surface area contributed by atoms with Crippen molar-refractivity contribution in [3.05, 3.63) is 53.6 Å². The Kier molecular flexibility index (Phi) is 6.35. The molecule has 0 fully saturated rings. The quantitative estimate of drug-likeness (QED) is 0.705. The van der Waals surface area contributed by atoms with Gasteiger partial charge in [-0.3, -0.25) is 9.59 Å². The lowest BCUT2D eigenvalue weighted by Gasteiger charge is -2.18. The van der Waals surface area contributed by atoms with Crippen molar-refractivity contribution in [2.45, 2.75) is 4.90 Å². The average Bonchev–Trinajstić information content (AvgIpc) is 2.67. The molecule has 0 aliphatic heterocycles. The summed E-state index contributed by atoms with van der Waals surface area (Å²) in [5.74, 6) is -1.03. The van der Waals surface area contributed by atoms with Crippen LogP contribution in [-0.2, 0) is 14.8 Å². The molecule has 146 valence electrons. The largest absolute Gasteiger partial charge is 0.495 e. The molecule has 0 aliphatic rings. The summed E-state index contributed by atoms with van der Waals surface area (Å²) in [5, 5.41) is 11.3. The van der Waals surface area contributed by atoms with Crippen LogP contribution in [0.3, 0.4) is 0 Å². The Labute approximate surface area is 162 Å². The van der Waals surface area contributed by atoms with Gasteiger partial charge in [0.15, 0.2) is 0 Å². The van der Waals surface area contributed by atoms with E-state index in [0.29, 0.717) is 5.56 Å². The van der Waals surface area contributed by atoms with Gasteiger partial charge in [-0.2, -0.15) is 9.57 Å². The van der Waals surface area contributed by atoms with Crippen molar-refractivity contribution in [3.63, 3.8) is 0 Å². The fraction of sp³-hybridized carbons (Fsp3) is 0.167. The second kappa shape index (κ2) is 8.51. The summed E-state index contributed by atoms with van der Waals surface area (Å²) in [6.45, 7) is -0.480. The molecule has 9 nitrogen and oxygen atoms in total. The zero-order valence-corrected chi connectivity index (χ0v) is 16.0. The van der Waals surface area contributed by atoms with Crippen LogP contribution in [0.1, 0.15) is 15.9 Å². The number of sulfonamides is 1. The molecule has 0 aliphatic carbocycles. The van der Waals surface area contributed by atoms with E-state index in [2.05, 4.69) is 5.32 Å². The minimum Gasteiger partial charge on any atom is -0.495 e.